The quantitative estimate of drug-likeness (QED) is 0.711. The number of carbonyl (C=O) groups excluding carboxylic acids is 1. The Hall–Kier alpha value is -2.18. The summed E-state index contributed by atoms with van der Waals surface area (Å²) in [7, 11) is 0. The van der Waals surface area contributed by atoms with Gasteiger partial charge in [-0.25, -0.2) is 9.97 Å². The van der Waals surface area contributed by atoms with Crippen molar-refractivity contribution in [2.75, 3.05) is 18.0 Å². The number of anilines is 1. The van der Waals surface area contributed by atoms with Crippen molar-refractivity contribution in [3.8, 4) is 0 Å². The van der Waals surface area contributed by atoms with E-state index < -0.39 is 0 Å². The normalized spacial score (nSPS) is 15.5. The molecule has 0 spiro atoms. The van der Waals surface area contributed by atoms with E-state index >= 15 is 0 Å². The highest BCUT2D eigenvalue weighted by Gasteiger charge is 2.23. The monoisotopic (exact) mass is 372 g/mol. The fraction of sp³-hybridized carbons (Fsp3) is 0.278. The maximum absolute atomic E-state index is 12.3. The van der Waals surface area contributed by atoms with Gasteiger partial charge in [0.25, 0.3) is 5.91 Å². The molecule has 1 aliphatic heterocycles. The molecule has 4 rings (SSSR count). The highest BCUT2D eigenvalue weighted by atomic mass is 35.5. The molecule has 1 N–H and O–H groups in total. The number of fused-ring (bicyclic) bond motifs is 1. The summed E-state index contributed by atoms with van der Waals surface area (Å²) in [5, 5.41) is 4.37. The number of nitrogens with zero attached hydrogens (tertiary/aromatic N) is 3. The first-order valence-corrected chi connectivity index (χ1v) is 9.42. The third-order valence-corrected chi connectivity index (χ3v) is 5.79. The number of pyridine rings is 1. The van der Waals surface area contributed by atoms with Crippen LogP contribution in [0.3, 0.4) is 0 Å². The summed E-state index contributed by atoms with van der Waals surface area (Å²) in [6, 6.07) is 11.8. The number of hydrogen-bond donors (Lipinski definition) is 1. The molecule has 0 aliphatic carbocycles. The Morgan fingerprint density at radius 1 is 1.20 bits per heavy atom. The van der Waals surface area contributed by atoms with Gasteiger partial charge in [0.1, 0.15) is 5.15 Å². The van der Waals surface area contributed by atoms with Gasteiger partial charge in [-0.05, 0) is 37.1 Å². The summed E-state index contributed by atoms with van der Waals surface area (Å²) in [5.74, 6) is -0.156. The Labute approximate surface area is 154 Å². The second kappa shape index (κ2) is 6.98. The number of nitrogens with one attached hydrogen (secondary N) is 1. The number of benzene rings is 1. The fourth-order valence-corrected chi connectivity index (χ4v) is 4.25. The van der Waals surface area contributed by atoms with Crippen LogP contribution >= 0.6 is 22.9 Å². The molecule has 25 heavy (non-hydrogen) atoms. The minimum absolute atomic E-state index is 0.148. The molecule has 1 amide bonds. The van der Waals surface area contributed by atoms with Crippen molar-refractivity contribution in [3.63, 3.8) is 0 Å². The molecule has 3 aromatic rings. The van der Waals surface area contributed by atoms with Crippen molar-refractivity contribution in [2.24, 2.45) is 0 Å². The van der Waals surface area contributed by atoms with E-state index in [1.165, 1.54) is 4.70 Å². The van der Waals surface area contributed by atoms with E-state index in [-0.39, 0.29) is 17.1 Å². The first-order valence-electron chi connectivity index (χ1n) is 8.22. The zero-order chi connectivity index (χ0) is 17.2. The second-order valence-corrected chi connectivity index (χ2v) is 7.41. The molecule has 0 bridgehead atoms. The molecule has 1 aromatic carbocycles. The van der Waals surface area contributed by atoms with Gasteiger partial charge < -0.3 is 10.2 Å². The minimum atomic E-state index is -0.156. The summed E-state index contributed by atoms with van der Waals surface area (Å²) >= 11 is 7.71. The van der Waals surface area contributed by atoms with Gasteiger partial charge in [-0.1, -0.05) is 35.1 Å². The Kier molecular flexibility index (Phi) is 4.55. The molecule has 3 heterocycles. The predicted molar refractivity (Wildman–Crippen MR) is 102 cm³/mol. The van der Waals surface area contributed by atoms with Gasteiger partial charge in [-0.3, -0.25) is 4.79 Å². The van der Waals surface area contributed by atoms with Gasteiger partial charge in [0.05, 0.1) is 15.8 Å². The van der Waals surface area contributed by atoms with Gasteiger partial charge >= 0.3 is 0 Å². The highest BCUT2D eigenvalue weighted by molar-refractivity contribution is 7.22. The third kappa shape index (κ3) is 3.45. The Balaban J connectivity index is 1.38. The van der Waals surface area contributed by atoms with Crippen molar-refractivity contribution in [1.29, 1.82) is 0 Å². The van der Waals surface area contributed by atoms with Gasteiger partial charge in [0.2, 0.25) is 0 Å². The van der Waals surface area contributed by atoms with Crippen LogP contribution < -0.4 is 10.2 Å². The van der Waals surface area contributed by atoms with Crippen LogP contribution in [0.4, 0.5) is 5.13 Å². The molecule has 1 saturated heterocycles. The summed E-state index contributed by atoms with van der Waals surface area (Å²) in [6.45, 7) is 1.76. The van der Waals surface area contributed by atoms with Crippen LogP contribution in [0.5, 0.6) is 0 Å². The smallest absolute Gasteiger partial charge is 0.254 e. The summed E-state index contributed by atoms with van der Waals surface area (Å²) in [4.78, 5) is 23.3. The number of aromatic nitrogens is 2. The first kappa shape index (κ1) is 16.3. The zero-order valence-corrected chi connectivity index (χ0v) is 15.1. The molecule has 2 aromatic heterocycles. The molecular formula is C18H17ClN4OS. The molecule has 5 nitrogen and oxygen atoms in total. The SMILES string of the molecule is O=C(NC1CCN(c2nc3ccccc3s2)CC1)c1cccnc1Cl. The summed E-state index contributed by atoms with van der Waals surface area (Å²) in [5.41, 5.74) is 1.47. The largest absolute Gasteiger partial charge is 0.349 e. The van der Waals surface area contributed by atoms with Crippen LogP contribution in [0.2, 0.25) is 5.15 Å². The lowest BCUT2D eigenvalue weighted by Crippen LogP contribution is -2.44. The number of amides is 1. The molecule has 128 valence electrons. The number of hydrogen-bond acceptors (Lipinski definition) is 5. The van der Waals surface area contributed by atoms with E-state index in [0.717, 1.165) is 36.6 Å². The average molecular weight is 373 g/mol. The fourth-order valence-electron chi connectivity index (χ4n) is 3.03. The van der Waals surface area contributed by atoms with E-state index in [0.29, 0.717) is 5.56 Å². The lowest BCUT2D eigenvalue weighted by molar-refractivity contribution is 0.0931. The lowest BCUT2D eigenvalue weighted by Gasteiger charge is -2.32. The lowest BCUT2D eigenvalue weighted by atomic mass is 10.1. The van der Waals surface area contributed by atoms with Crippen molar-refractivity contribution in [1.82, 2.24) is 15.3 Å². The molecule has 7 heteroatoms. The predicted octanol–water partition coefficient (Wildman–Crippen LogP) is 3.74. The maximum Gasteiger partial charge on any atom is 0.254 e. The van der Waals surface area contributed by atoms with Gasteiger partial charge in [0.15, 0.2) is 5.13 Å². The van der Waals surface area contributed by atoms with Crippen molar-refractivity contribution in [2.45, 2.75) is 18.9 Å². The molecule has 0 unspecified atom stereocenters. The van der Waals surface area contributed by atoms with Crippen molar-refractivity contribution >= 4 is 44.2 Å². The van der Waals surface area contributed by atoms with Crippen LogP contribution in [-0.4, -0.2) is 35.0 Å². The maximum atomic E-state index is 12.3. The van der Waals surface area contributed by atoms with Crippen LogP contribution in [0.25, 0.3) is 10.2 Å². The standard InChI is InChI=1S/C18H17ClN4OS/c19-16-13(4-3-9-20-16)17(24)21-12-7-10-23(11-8-12)18-22-14-5-1-2-6-15(14)25-18/h1-6,9,12H,7-8,10-11H2,(H,21,24). The van der Waals surface area contributed by atoms with E-state index in [9.17, 15) is 4.79 Å². The number of rotatable bonds is 3. The number of para-hydroxylation sites is 1. The molecule has 0 radical (unpaired) electrons. The highest BCUT2D eigenvalue weighted by Crippen LogP contribution is 2.30. The van der Waals surface area contributed by atoms with E-state index in [2.05, 4.69) is 21.3 Å². The minimum Gasteiger partial charge on any atom is -0.349 e. The van der Waals surface area contributed by atoms with E-state index in [1.807, 2.05) is 18.2 Å². The average Bonchev–Trinajstić information content (AvgIpc) is 3.07. The molecular weight excluding hydrogens is 356 g/mol. The van der Waals surface area contributed by atoms with E-state index in [4.69, 9.17) is 16.6 Å². The Morgan fingerprint density at radius 2 is 2.00 bits per heavy atom. The van der Waals surface area contributed by atoms with Crippen LogP contribution in [0, 0.1) is 0 Å². The van der Waals surface area contributed by atoms with Crippen LogP contribution in [-0.2, 0) is 0 Å². The Morgan fingerprint density at radius 3 is 2.76 bits per heavy atom. The van der Waals surface area contributed by atoms with E-state index in [1.54, 1.807) is 29.7 Å². The van der Waals surface area contributed by atoms with Gasteiger partial charge in [-0.2, -0.15) is 0 Å². The van der Waals surface area contributed by atoms with Crippen molar-refractivity contribution < 1.29 is 4.79 Å². The molecule has 0 atom stereocenters. The second-order valence-electron chi connectivity index (χ2n) is 6.04. The summed E-state index contributed by atoms with van der Waals surface area (Å²) in [6.07, 6.45) is 3.36. The molecule has 1 fully saturated rings. The number of carbonyl (C=O) groups is 1. The van der Waals surface area contributed by atoms with Crippen LogP contribution in [0.15, 0.2) is 42.6 Å². The summed E-state index contributed by atoms with van der Waals surface area (Å²) < 4.78 is 1.21. The Bertz CT molecular complexity index is 872. The molecule has 1 aliphatic rings. The third-order valence-electron chi connectivity index (χ3n) is 4.39. The van der Waals surface area contributed by atoms with Gasteiger partial charge in [-0.15, -0.1) is 0 Å². The van der Waals surface area contributed by atoms with Crippen molar-refractivity contribution in [3.05, 3.63) is 53.3 Å². The number of thiazole rings is 1. The van der Waals surface area contributed by atoms with Gasteiger partial charge in [0, 0.05) is 25.3 Å². The zero-order valence-electron chi connectivity index (χ0n) is 13.5. The topological polar surface area (TPSA) is 58.1 Å². The van der Waals surface area contributed by atoms with Crippen LogP contribution in [0.1, 0.15) is 23.2 Å². The first-order chi connectivity index (χ1) is 12.2. The number of halogens is 1. The number of piperidine rings is 1. The molecule has 0 saturated carbocycles.